The van der Waals surface area contributed by atoms with Gasteiger partial charge in [0.1, 0.15) is 30.2 Å². The van der Waals surface area contributed by atoms with Crippen LogP contribution in [0.1, 0.15) is 87.0 Å². The van der Waals surface area contributed by atoms with Gasteiger partial charge in [0, 0.05) is 30.7 Å². The topological polar surface area (TPSA) is 144 Å². The van der Waals surface area contributed by atoms with Crippen LogP contribution in [0.15, 0.2) is 12.2 Å². The van der Waals surface area contributed by atoms with E-state index in [1.165, 1.54) is 0 Å². The fourth-order valence-electron chi connectivity index (χ4n) is 7.00. The molecule has 11 heteroatoms. The number of aliphatic hydroxyl groups excluding tert-OH is 2. The van der Waals surface area contributed by atoms with Gasteiger partial charge in [-0.1, -0.05) is 46.8 Å². The number of aldehydes is 1. The van der Waals surface area contributed by atoms with Crippen molar-refractivity contribution in [1.82, 2.24) is 4.90 Å². The molecule has 0 amide bonds. The van der Waals surface area contributed by atoms with E-state index >= 15 is 0 Å². The average molecular weight is 640 g/mol. The first kappa shape index (κ1) is 37.6. The van der Waals surface area contributed by atoms with Gasteiger partial charge >= 0.3 is 11.9 Å². The van der Waals surface area contributed by atoms with Crippen LogP contribution in [-0.2, 0) is 38.1 Å². The molecule has 0 bridgehead atoms. The molecule has 11 nitrogen and oxygen atoms in total. The van der Waals surface area contributed by atoms with Gasteiger partial charge in [0.05, 0.1) is 30.8 Å². The van der Waals surface area contributed by atoms with Crippen LogP contribution in [0, 0.1) is 23.7 Å². The maximum Gasteiger partial charge on any atom is 0.309 e. The van der Waals surface area contributed by atoms with Crippen molar-refractivity contribution in [1.29, 1.82) is 0 Å². The van der Waals surface area contributed by atoms with Gasteiger partial charge < -0.3 is 43.6 Å². The number of carbonyl (C=O) groups excluding carboxylic acids is 3. The van der Waals surface area contributed by atoms with E-state index in [4.69, 9.17) is 23.7 Å². The Morgan fingerprint density at radius 3 is 2.42 bits per heavy atom. The van der Waals surface area contributed by atoms with Gasteiger partial charge in [-0.2, -0.15) is 0 Å². The third-order valence-electron chi connectivity index (χ3n) is 9.99. The molecule has 0 aromatic rings. The number of likely N-dealkylation sites (N-methyl/N-ethyl adjacent to an activating group) is 1. The number of hydrogen-bond acceptors (Lipinski definition) is 11. The van der Waals surface area contributed by atoms with Gasteiger partial charge in [-0.05, 0) is 59.0 Å². The van der Waals surface area contributed by atoms with Crippen molar-refractivity contribution in [3.8, 4) is 0 Å². The van der Waals surface area contributed by atoms with Crippen molar-refractivity contribution >= 4 is 18.2 Å². The van der Waals surface area contributed by atoms with Gasteiger partial charge in [0.2, 0.25) is 0 Å². The van der Waals surface area contributed by atoms with E-state index in [1.807, 2.05) is 66.6 Å². The van der Waals surface area contributed by atoms with E-state index in [2.05, 4.69) is 0 Å². The molecular weight excluding hydrogens is 582 g/mol. The van der Waals surface area contributed by atoms with Crippen LogP contribution in [0.5, 0.6) is 0 Å². The first-order chi connectivity index (χ1) is 21.1. The number of rotatable bonds is 8. The highest BCUT2D eigenvalue weighted by molar-refractivity contribution is 5.72. The van der Waals surface area contributed by atoms with Crippen molar-refractivity contribution in [2.75, 3.05) is 14.1 Å². The number of nitrogens with zero attached hydrogens (tertiary/aromatic N) is 1. The second-order valence-corrected chi connectivity index (χ2v) is 13.9. The number of epoxide rings is 1. The van der Waals surface area contributed by atoms with Crippen LogP contribution < -0.4 is 0 Å². The molecule has 0 aromatic carbocycles. The minimum atomic E-state index is -1.03. The minimum absolute atomic E-state index is 0.0858. The Bertz CT molecular complexity index is 1020. The minimum Gasteiger partial charge on any atom is -0.462 e. The number of cyclic esters (lactones) is 1. The summed E-state index contributed by atoms with van der Waals surface area (Å²) in [6.07, 6.45) is 0.527. The van der Waals surface area contributed by atoms with Crippen molar-refractivity contribution in [2.45, 2.75) is 148 Å². The quantitative estimate of drug-likeness (QED) is 0.174. The number of aliphatic hydroxyl groups is 2. The summed E-state index contributed by atoms with van der Waals surface area (Å²) >= 11 is 0. The second-order valence-electron chi connectivity index (χ2n) is 13.9. The van der Waals surface area contributed by atoms with Crippen molar-refractivity contribution in [2.24, 2.45) is 23.7 Å². The highest BCUT2D eigenvalue weighted by atomic mass is 16.7. The summed E-state index contributed by atoms with van der Waals surface area (Å²) < 4.78 is 30.6. The van der Waals surface area contributed by atoms with E-state index in [9.17, 15) is 24.6 Å². The predicted molar refractivity (Wildman–Crippen MR) is 167 cm³/mol. The normalized spacial score (nSPS) is 44.0. The number of fused-ring (bicyclic) bond motifs is 1. The molecule has 3 aliphatic rings. The zero-order valence-electron chi connectivity index (χ0n) is 28.6. The van der Waals surface area contributed by atoms with Crippen molar-refractivity contribution < 1.29 is 48.3 Å². The van der Waals surface area contributed by atoms with E-state index in [1.54, 1.807) is 13.0 Å². The molecule has 0 radical (unpaired) electrons. The fourth-order valence-corrected chi connectivity index (χ4v) is 7.00. The second kappa shape index (κ2) is 16.3. The summed E-state index contributed by atoms with van der Waals surface area (Å²) in [5.74, 6) is -2.46. The van der Waals surface area contributed by atoms with E-state index < -0.39 is 66.2 Å². The number of carbonyl (C=O) groups is 3. The number of hydrogen-bond donors (Lipinski definition) is 2. The monoisotopic (exact) mass is 639 g/mol. The molecule has 258 valence electrons. The van der Waals surface area contributed by atoms with Crippen LogP contribution in [0.4, 0.5) is 0 Å². The molecule has 14 atom stereocenters. The molecular formula is C34H57NO10. The molecule has 0 spiro atoms. The molecule has 0 saturated carbocycles. The standard InChI is InChI=1S/C34H57NO10/c1-10-26-22(6)32-34(7,45-32)14-12-25(37)19(3)16-23(13-15-36)31(21(5)27(18-29(39)42-26)43-28(38)11-2)44-33-30(40)24(35(8)9)17-20(4)41-33/h12,14-15,19-27,30-33,37,40H,10-11,13,16-18H2,1-9H3/b14-12+/t19-,20+,21-,22+,23+,24-,25+,26-,27-,30+,31-,32+,33+,34-/m1/s1. The molecule has 3 rings (SSSR count). The van der Waals surface area contributed by atoms with E-state index in [-0.39, 0.29) is 49.3 Å². The van der Waals surface area contributed by atoms with Crippen molar-refractivity contribution in [3.05, 3.63) is 12.2 Å². The molecule has 2 fully saturated rings. The van der Waals surface area contributed by atoms with Crippen LogP contribution >= 0.6 is 0 Å². The largest absolute Gasteiger partial charge is 0.462 e. The molecule has 2 saturated heterocycles. The Labute approximate surface area is 268 Å². The molecule has 45 heavy (non-hydrogen) atoms. The van der Waals surface area contributed by atoms with Crippen LogP contribution in [-0.4, -0.2) is 108 Å². The summed E-state index contributed by atoms with van der Waals surface area (Å²) in [7, 11) is 3.77. The first-order valence-corrected chi connectivity index (χ1v) is 16.7. The van der Waals surface area contributed by atoms with Crippen LogP contribution in [0.25, 0.3) is 0 Å². The number of esters is 2. The van der Waals surface area contributed by atoms with E-state index in [0.29, 0.717) is 19.3 Å². The Kier molecular flexibility index (Phi) is 13.6. The molecule has 3 aliphatic heterocycles. The molecule has 2 N–H and O–H groups in total. The van der Waals surface area contributed by atoms with Gasteiger partial charge in [0.15, 0.2) is 6.29 Å². The Morgan fingerprint density at radius 1 is 1.13 bits per heavy atom. The lowest BCUT2D eigenvalue weighted by molar-refractivity contribution is -0.283. The Hall–Kier alpha value is -1.89. The zero-order chi connectivity index (χ0) is 33.6. The third kappa shape index (κ3) is 9.58. The van der Waals surface area contributed by atoms with Gasteiger partial charge in [-0.15, -0.1) is 0 Å². The molecule has 0 aromatic heterocycles. The highest BCUT2D eigenvalue weighted by Gasteiger charge is 2.55. The SMILES string of the molecule is CCC(=O)O[C@@H]1CC(=O)O[C@H](CC)[C@H](C)[C@@H]2O[C@]2(C)/C=C/[C@H](O)[C@H](C)C[C@H](CC=O)[C@H](O[C@@H]2O[C@@H](C)C[C@@H](N(C)C)[C@@H]2O)[C@@H]1C. The summed E-state index contributed by atoms with van der Waals surface area (Å²) in [6.45, 7) is 13.2. The zero-order valence-corrected chi connectivity index (χ0v) is 28.6. The predicted octanol–water partition coefficient (Wildman–Crippen LogP) is 3.42. The summed E-state index contributed by atoms with van der Waals surface area (Å²) in [5.41, 5.74) is -0.604. The molecule has 0 aliphatic carbocycles. The van der Waals surface area contributed by atoms with Crippen LogP contribution in [0.3, 0.4) is 0 Å². The van der Waals surface area contributed by atoms with Crippen molar-refractivity contribution in [3.63, 3.8) is 0 Å². The fraction of sp³-hybridized carbons (Fsp3) is 0.853. The maximum atomic E-state index is 13.5. The van der Waals surface area contributed by atoms with Gasteiger partial charge in [-0.25, -0.2) is 0 Å². The highest BCUT2D eigenvalue weighted by Crippen LogP contribution is 2.45. The van der Waals surface area contributed by atoms with Crippen LogP contribution in [0.2, 0.25) is 0 Å². The molecule has 0 unspecified atom stereocenters. The lowest BCUT2D eigenvalue weighted by atomic mass is 9.79. The molecule has 3 heterocycles. The first-order valence-electron chi connectivity index (χ1n) is 16.7. The summed E-state index contributed by atoms with van der Waals surface area (Å²) in [6, 6.07) is -0.234. The summed E-state index contributed by atoms with van der Waals surface area (Å²) in [5, 5.41) is 22.5. The summed E-state index contributed by atoms with van der Waals surface area (Å²) in [4.78, 5) is 40.1. The number of ether oxygens (including phenoxy) is 5. The Morgan fingerprint density at radius 2 is 1.82 bits per heavy atom. The third-order valence-corrected chi connectivity index (χ3v) is 9.99. The maximum absolute atomic E-state index is 13.5. The lowest BCUT2D eigenvalue weighted by Gasteiger charge is -2.44. The Balaban J connectivity index is 2.06. The average Bonchev–Trinajstić information content (AvgIpc) is 3.67. The van der Waals surface area contributed by atoms with Gasteiger partial charge in [-0.3, -0.25) is 9.59 Å². The lowest BCUT2D eigenvalue weighted by Crippen LogP contribution is -2.56. The van der Waals surface area contributed by atoms with Gasteiger partial charge in [0.25, 0.3) is 0 Å². The van der Waals surface area contributed by atoms with E-state index in [0.717, 1.165) is 6.29 Å². The smallest absolute Gasteiger partial charge is 0.309 e.